The minimum absolute atomic E-state index is 0.0135. The molecule has 2 aromatic heterocycles. The molecule has 6 nitrogen and oxygen atoms in total. The molecule has 0 bridgehead atoms. The van der Waals surface area contributed by atoms with Crippen LogP contribution in [0.2, 0.25) is 5.02 Å². The molecule has 0 aliphatic carbocycles. The number of rotatable bonds is 5. The Morgan fingerprint density at radius 1 is 1.42 bits per heavy atom. The number of H-pyrrole nitrogens is 1. The fraction of sp³-hybridized carbons (Fsp3) is 0.278. The van der Waals surface area contributed by atoms with Crippen molar-refractivity contribution in [3.05, 3.63) is 61.5 Å². The molecule has 3 rings (SSSR count). The predicted octanol–water partition coefficient (Wildman–Crippen LogP) is 3.58. The molecule has 2 heterocycles. The van der Waals surface area contributed by atoms with E-state index in [4.69, 9.17) is 16.3 Å². The summed E-state index contributed by atoms with van der Waals surface area (Å²) < 4.78 is 4.76. The number of esters is 1. The molecular weight excluding hydrogens is 374 g/mol. The minimum atomic E-state index is -0.461. The van der Waals surface area contributed by atoms with E-state index in [9.17, 15) is 9.59 Å². The van der Waals surface area contributed by atoms with Gasteiger partial charge in [-0.2, -0.15) is 0 Å². The van der Waals surface area contributed by atoms with Crippen LogP contribution in [0.15, 0.2) is 29.1 Å². The fourth-order valence-electron chi connectivity index (χ4n) is 2.75. The van der Waals surface area contributed by atoms with Crippen LogP contribution >= 0.6 is 22.9 Å². The van der Waals surface area contributed by atoms with Crippen LogP contribution in [0.5, 0.6) is 0 Å². The highest BCUT2D eigenvalue weighted by atomic mass is 35.5. The Kier molecular flexibility index (Phi) is 5.41. The van der Waals surface area contributed by atoms with Gasteiger partial charge in [0.25, 0.3) is 5.56 Å². The van der Waals surface area contributed by atoms with Gasteiger partial charge in [0.1, 0.15) is 15.5 Å². The molecule has 0 spiro atoms. The first-order valence-electron chi connectivity index (χ1n) is 8.00. The quantitative estimate of drug-likeness (QED) is 0.649. The molecule has 0 amide bonds. The number of thiophene rings is 1. The van der Waals surface area contributed by atoms with Crippen LogP contribution in [0.3, 0.4) is 0 Å². The molecule has 1 atom stereocenters. The summed E-state index contributed by atoms with van der Waals surface area (Å²) in [6, 6.07) is 7.58. The van der Waals surface area contributed by atoms with Crippen LogP contribution in [-0.4, -0.2) is 23.0 Å². The fourth-order valence-corrected chi connectivity index (χ4v) is 4.16. The molecule has 0 saturated carbocycles. The van der Waals surface area contributed by atoms with Crippen molar-refractivity contribution in [2.75, 3.05) is 7.11 Å². The van der Waals surface area contributed by atoms with Crippen LogP contribution in [-0.2, 0) is 11.3 Å². The van der Waals surface area contributed by atoms with E-state index in [0.717, 1.165) is 16.9 Å². The molecule has 0 radical (unpaired) electrons. The van der Waals surface area contributed by atoms with Gasteiger partial charge in [-0.3, -0.25) is 4.79 Å². The summed E-state index contributed by atoms with van der Waals surface area (Å²) in [7, 11) is 1.31. The van der Waals surface area contributed by atoms with Gasteiger partial charge in [-0.1, -0.05) is 29.8 Å². The number of aryl methyl sites for hydroxylation is 1. The third kappa shape index (κ3) is 3.51. The van der Waals surface area contributed by atoms with Crippen molar-refractivity contribution in [1.29, 1.82) is 0 Å². The molecule has 0 aliphatic heterocycles. The molecule has 0 fully saturated rings. The van der Waals surface area contributed by atoms with Gasteiger partial charge in [0.05, 0.1) is 19.0 Å². The zero-order valence-corrected chi connectivity index (χ0v) is 16.1. The third-order valence-electron chi connectivity index (χ3n) is 4.17. The molecule has 0 aliphatic rings. The zero-order chi connectivity index (χ0) is 18.8. The van der Waals surface area contributed by atoms with E-state index in [0.29, 0.717) is 38.0 Å². The van der Waals surface area contributed by atoms with Gasteiger partial charge in [-0.15, -0.1) is 11.3 Å². The maximum Gasteiger partial charge on any atom is 0.348 e. The first-order valence-corrected chi connectivity index (χ1v) is 9.20. The Bertz CT molecular complexity index is 1030. The summed E-state index contributed by atoms with van der Waals surface area (Å²) in [5.41, 5.74) is 1.30. The number of halogens is 1. The normalized spacial score (nSPS) is 12.3. The Hall–Kier alpha value is -2.22. The van der Waals surface area contributed by atoms with E-state index >= 15 is 0 Å². The summed E-state index contributed by atoms with van der Waals surface area (Å²) in [5.74, 6) is 0.0380. The van der Waals surface area contributed by atoms with Gasteiger partial charge >= 0.3 is 5.97 Å². The predicted molar refractivity (Wildman–Crippen MR) is 103 cm³/mol. The van der Waals surface area contributed by atoms with Crippen molar-refractivity contribution in [2.45, 2.75) is 26.4 Å². The molecule has 136 valence electrons. The zero-order valence-electron chi connectivity index (χ0n) is 14.6. The molecule has 1 aromatic carbocycles. The number of aromatic nitrogens is 2. The number of ether oxygens (including phenoxy) is 1. The summed E-state index contributed by atoms with van der Waals surface area (Å²) in [6.07, 6.45) is 0. The number of nitrogens with one attached hydrogen (secondary N) is 2. The van der Waals surface area contributed by atoms with Crippen molar-refractivity contribution < 1.29 is 9.53 Å². The van der Waals surface area contributed by atoms with E-state index in [-0.39, 0.29) is 11.6 Å². The number of fused-ring (bicyclic) bond motifs is 1. The van der Waals surface area contributed by atoms with Crippen LogP contribution in [0, 0.1) is 6.92 Å². The number of carbonyl (C=O) groups is 1. The highest BCUT2D eigenvalue weighted by molar-refractivity contribution is 7.20. The molecule has 8 heteroatoms. The number of carbonyl (C=O) groups excluding carboxylic acids is 1. The maximum absolute atomic E-state index is 12.4. The van der Waals surface area contributed by atoms with Gasteiger partial charge < -0.3 is 15.0 Å². The Labute approximate surface area is 159 Å². The lowest BCUT2D eigenvalue weighted by Gasteiger charge is -2.15. The van der Waals surface area contributed by atoms with Crippen LogP contribution in [0.1, 0.15) is 39.6 Å². The summed E-state index contributed by atoms with van der Waals surface area (Å²) in [6.45, 7) is 4.07. The van der Waals surface area contributed by atoms with Crippen LogP contribution < -0.4 is 10.9 Å². The van der Waals surface area contributed by atoms with Crippen LogP contribution in [0.25, 0.3) is 10.2 Å². The molecular formula is C18H18ClN3O3S. The average Bonchev–Trinajstić information content (AvgIpc) is 2.96. The number of hydrogen-bond donors (Lipinski definition) is 2. The summed E-state index contributed by atoms with van der Waals surface area (Å²) in [5, 5.41) is 4.41. The van der Waals surface area contributed by atoms with E-state index < -0.39 is 5.97 Å². The highest BCUT2D eigenvalue weighted by Gasteiger charge is 2.20. The average molecular weight is 392 g/mol. The van der Waals surface area contributed by atoms with Crippen molar-refractivity contribution in [3.63, 3.8) is 0 Å². The summed E-state index contributed by atoms with van der Waals surface area (Å²) >= 11 is 7.38. The first-order chi connectivity index (χ1) is 12.4. The highest BCUT2D eigenvalue weighted by Crippen LogP contribution is 2.27. The second-order valence-corrected chi connectivity index (χ2v) is 7.27. The smallest absolute Gasteiger partial charge is 0.348 e. The van der Waals surface area contributed by atoms with Gasteiger partial charge in [0.2, 0.25) is 0 Å². The number of methoxy groups -OCH3 is 1. The van der Waals surface area contributed by atoms with Gasteiger partial charge in [0.15, 0.2) is 0 Å². The van der Waals surface area contributed by atoms with Crippen molar-refractivity contribution in [3.8, 4) is 0 Å². The first kappa shape index (κ1) is 18.6. The largest absolute Gasteiger partial charge is 0.465 e. The molecule has 2 N–H and O–H groups in total. The third-order valence-corrected chi connectivity index (χ3v) is 5.68. The lowest BCUT2D eigenvalue weighted by atomic mass is 10.1. The maximum atomic E-state index is 12.4. The SMILES string of the molecule is COC(=O)c1sc2nc(CN[C@H](C)c3ccccc3Cl)[nH]c(=O)c2c1C. The standard InChI is InChI=1S/C18H18ClN3O3S/c1-9-14-16(23)21-13(22-17(14)26-15(9)18(24)25-3)8-20-10(2)11-6-4-5-7-12(11)19/h4-7,10,20H,8H2,1-3H3,(H,21,22,23)/t10-/m1/s1. The second-order valence-electron chi connectivity index (χ2n) is 5.86. The van der Waals surface area contributed by atoms with Crippen LogP contribution in [0.4, 0.5) is 0 Å². The minimum Gasteiger partial charge on any atom is -0.465 e. The molecule has 0 unspecified atom stereocenters. The van der Waals surface area contributed by atoms with E-state index in [1.165, 1.54) is 7.11 Å². The van der Waals surface area contributed by atoms with E-state index in [1.807, 2.05) is 31.2 Å². The van der Waals surface area contributed by atoms with Crippen molar-refractivity contribution in [2.24, 2.45) is 0 Å². The lowest BCUT2D eigenvalue weighted by Crippen LogP contribution is -2.22. The molecule has 26 heavy (non-hydrogen) atoms. The summed E-state index contributed by atoms with van der Waals surface area (Å²) in [4.78, 5) is 32.4. The second kappa shape index (κ2) is 7.57. The lowest BCUT2D eigenvalue weighted by molar-refractivity contribution is 0.0605. The Morgan fingerprint density at radius 2 is 2.15 bits per heavy atom. The molecule has 3 aromatic rings. The Morgan fingerprint density at radius 3 is 2.85 bits per heavy atom. The molecule has 0 saturated heterocycles. The number of nitrogens with zero attached hydrogens (tertiary/aromatic N) is 1. The van der Waals surface area contributed by atoms with Gasteiger partial charge in [-0.25, -0.2) is 9.78 Å². The van der Waals surface area contributed by atoms with Gasteiger partial charge in [-0.05, 0) is 31.0 Å². The van der Waals surface area contributed by atoms with E-state index in [1.54, 1.807) is 6.92 Å². The number of aromatic amines is 1. The van der Waals surface area contributed by atoms with Crippen molar-refractivity contribution >= 4 is 39.1 Å². The monoisotopic (exact) mass is 391 g/mol. The number of hydrogen-bond acceptors (Lipinski definition) is 6. The Balaban J connectivity index is 1.86. The van der Waals surface area contributed by atoms with E-state index in [2.05, 4.69) is 15.3 Å². The van der Waals surface area contributed by atoms with Crippen molar-refractivity contribution in [1.82, 2.24) is 15.3 Å². The number of benzene rings is 1. The van der Waals surface area contributed by atoms with Gasteiger partial charge in [0, 0.05) is 11.1 Å². The topological polar surface area (TPSA) is 84.1 Å².